The molecule has 1 saturated carbocycles. The van der Waals surface area contributed by atoms with E-state index in [0.717, 1.165) is 16.7 Å². The van der Waals surface area contributed by atoms with Gasteiger partial charge in [-0.3, -0.25) is 4.79 Å². The standard InChI is InChI=1S/C35H40F5NO/c1-7-22(5)29(16-13-25(8-2)32-27(18-31(36)37)10-9-23(6)33(32)38)30(17-24-19-35(39,40)20-24)34(42)41-28-14-11-26(12-15-28)21(3)4/h8-16,24,30-31H,3,7,17-20H2,1-2,4-6H3,(H,41,42)/b16-13-,25-8+,29-22-. The van der Waals surface area contributed by atoms with E-state index < -0.39 is 30.5 Å². The van der Waals surface area contributed by atoms with E-state index in [1.807, 2.05) is 32.9 Å². The maximum atomic E-state index is 15.3. The van der Waals surface area contributed by atoms with E-state index in [2.05, 4.69) is 11.9 Å². The minimum Gasteiger partial charge on any atom is -0.326 e. The first-order valence-corrected chi connectivity index (χ1v) is 14.3. The molecule has 1 amide bonds. The molecule has 0 aliphatic heterocycles. The van der Waals surface area contributed by atoms with E-state index in [9.17, 15) is 22.4 Å². The van der Waals surface area contributed by atoms with Crippen molar-refractivity contribution >= 4 is 22.7 Å². The molecule has 42 heavy (non-hydrogen) atoms. The maximum absolute atomic E-state index is 15.3. The van der Waals surface area contributed by atoms with Gasteiger partial charge in [-0.25, -0.2) is 22.0 Å². The van der Waals surface area contributed by atoms with Crippen molar-refractivity contribution in [1.82, 2.24) is 0 Å². The Morgan fingerprint density at radius 1 is 1.10 bits per heavy atom. The van der Waals surface area contributed by atoms with Crippen molar-refractivity contribution in [2.75, 3.05) is 5.32 Å². The molecule has 0 bridgehead atoms. The van der Waals surface area contributed by atoms with Crippen LogP contribution in [0.15, 0.2) is 72.4 Å². The Balaban J connectivity index is 2.01. The summed E-state index contributed by atoms with van der Waals surface area (Å²) in [6.07, 6.45) is 2.01. The number of rotatable bonds is 12. The Labute approximate surface area is 246 Å². The summed E-state index contributed by atoms with van der Waals surface area (Å²) in [7, 11) is 0. The molecule has 0 spiro atoms. The zero-order chi connectivity index (χ0) is 31.2. The topological polar surface area (TPSA) is 29.1 Å². The third-order valence-electron chi connectivity index (χ3n) is 7.94. The van der Waals surface area contributed by atoms with Gasteiger partial charge in [0.15, 0.2) is 0 Å². The molecule has 3 rings (SSSR count). The lowest BCUT2D eigenvalue weighted by molar-refractivity contribution is -0.127. The number of alkyl halides is 4. The number of halogens is 5. The predicted molar refractivity (Wildman–Crippen MR) is 162 cm³/mol. The van der Waals surface area contributed by atoms with Crippen molar-refractivity contribution < 1.29 is 26.7 Å². The van der Waals surface area contributed by atoms with Gasteiger partial charge in [-0.1, -0.05) is 67.1 Å². The lowest BCUT2D eigenvalue weighted by Crippen LogP contribution is -2.38. The van der Waals surface area contributed by atoms with Gasteiger partial charge in [0, 0.05) is 30.5 Å². The molecular formula is C35H40F5NO. The normalized spacial score (nSPS) is 16.8. The first-order valence-electron chi connectivity index (χ1n) is 14.3. The summed E-state index contributed by atoms with van der Waals surface area (Å²) in [4.78, 5) is 13.7. The molecule has 1 fully saturated rings. The number of aryl methyl sites for hydroxylation is 1. The second-order valence-corrected chi connectivity index (χ2v) is 11.3. The van der Waals surface area contributed by atoms with Crippen LogP contribution in [-0.4, -0.2) is 18.3 Å². The Bertz CT molecular complexity index is 1380. The highest BCUT2D eigenvalue weighted by Crippen LogP contribution is 2.46. The molecule has 2 aromatic carbocycles. The van der Waals surface area contributed by atoms with Crippen LogP contribution in [0.3, 0.4) is 0 Å². The monoisotopic (exact) mass is 585 g/mol. The average molecular weight is 586 g/mol. The van der Waals surface area contributed by atoms with Crippen LogP contribution in [0.25, 0.3) is 11.1 Å². The van der Waals surface area contributed by atoms with E-state index in [-0.39, 0.29) is 42.2 Å². The molecular weight excluding hydrogens is 545 g/mol. The summed E-state index contributed by atoms with van der Waals surface area (Å²) < 4.78 is 69.6. The first-order chi connectivity index (χ1) is 19.8. The van der Waals surface area contributed by atoms with Crippen LogP contribution in [0, 0.1) is 24.6 Å². The molecule has 0 aromatic heterocycles. The van der Waals surface area contributed by atoms with Gasteiger partial charge in [0.1, 0.15) is 5.82 Å². The fraction of sp³-hybridized carbons (Fsp3) is 0.400. The van der Waals surface area contributed by atoms with Crippen LogP contribution in [0.5, 0.6) is 0 Å². The number of allylic oxidation sites excluding steroid dienone is 6. The van der Waals surface area contributed by atoms with Crippen molar-refractivity contribution in [2.45, 2.75) is 79.1 Å². The molecule has 1 aliphatic carbocycles. The summed E-state index contributed by atoms with van der Waals surface area (Å²) in [5, 5.41) is 2.94. The largest absolute Gasteiger partial charge is 0.326 e. The zero-order valence-corrected chi connectivity index (χ0v) is 25.0. The van der Waals surface area contributed by atoms with Gasteiger partial charge in [0.2, 0.25) is 18.3 Å². The zero-order valence-electron chi connectivity index (χ0n) is 25.0. The minimum absolute atomic E-state index is 0.0970. The van der Waals surface area contributed by atoms with E-state index in [1.165, 1.54) is 12.1 Å². The van der Waals surface area contributed by atoms with Crippen molar-refractivity contribution in [3.63, 3.8) is 0 Å². The molecule has 0 saturated heterocycles. The summed E-state index contributed by atoms with van der Waals surface area (Å²) in [5.41, 5.74) is 4.92. The molecule has 2 aromatic rings. The van der Waals surface area contributed by atoms with Crippen molar-refractivity contribution in [1.29, 1.82) is 0 Å². The van der Waals surface area contributed by atoms with Gasteiger partial charge in [-0.05, 0) is 86.4 Å². The smallest absolute Gasteiger partial charge is 0.248 e. The summed E-state index contributed by atoms with van der Waals surface area (Å²) in [6, 6.07) is 10.2. The molecule has 1 aliphatic rings. The predicted octanol–water partition coefficient (Wildman–Crippen LogP) is 10.4. The highest BCUT2D eigenvalue weighted by Gasteiger charge is 2.46. The lowest BCUT2D eigenvalue weighted by Gasteiger charge is -2.37. The van der Waals surface area contributed by atoms with E-state index in [0.29, 0.717) is 28.8 Å². The van der Waals surface area contributed by atoms with Gasteiger partial charge in [0.25, 0.3) is 0 Å². The van der Waals surface area contributed by atoms with Crippen molar-refractivity contribution in [3.05, 3.63) is 100 Å². The molecule has 2 nitrogen and oxygen atoms in total. The number of hydrogen-bond acceptors (Lipinski definition) is 1. The van der Waals surface area contributed by atoms with Crippen LogP contribution in [0.1, 0.15) is 75.6 Å². The molecule has 0 radical (unpaired) electrons. The molecule has 226 valence electrons. The molecule has 0 heterocycles. The van der Waals surface area contributed by atoms with Gasteiger partial charge in [-0.15, -0.1) is 0 Å². The van der Waals surface area contributed by atoms with Gasteiger partial charge < -0.3 is 5.32 Å². The number of anilines is 1. The first kappa shape index (κ1) is 33.0. The number of hydrogen-bond donors (Lipinski definition) is 1. The maximum Gasteiger partial charge on any atom is 0.248 e. The molecule has 1 N–H and O–H groups in total. The van der Waals surface area contributed by atoms with Crippen LogP contribution < -0.4 is 5.32 Å². The highest BCUT2D eigenvalue weighted by atomic mass is 19.3. The Kier molecular flexibility index (Phi) is 11.1. The Hall–Kier alpha value is -3.48. The van der Waals surface area contributed by atoms with Crippen LogP contribution in [-0.2, 0) is 11.2 Å². The Morgan fingerprint density at radius 3 is 2.26 bits per heavy atom. The molecule has 1 unspecified atom stereocenters. The fourth-order valence-electron chi connectivity index (χ4n) is 5.36. The van der Waals surface area contributed by atoms with E-state index in [1.54, 1.807) is 44.2 Å². The second kappa shape index (κ2) is 14.1. The van der Waals surface area contributed by atoms with Crippen LogP contribution >= 0.6 is 0 Å². The molecule has 1 atom stereocenters. The Morgan fingerprint density at radius 2 is 1.74 bits per heavy atom. The highest BCUT2D eigenvalue weighted by molar-refractivity contribution is 5.95. The second-order valence-electron chi connectivity index (χ2n) is 11.3. The summed E-state index contributed by atoms with van der Waals surface area (Å²) >= 11 is 0. The average Bonchev–Trinajstić information content (AvgIpc) is 2.91. The number of nitrogens with one attached hydrogen (secondary N) is 1. The van der Waals surface area contributed by atoms with Gasteiger partial charge in [0.05, 0.1) is 5.92 Å². The quantitative estimate of drug-likeness (QED) is 0.195. The minimum atomic E-state index is -2.73. The van der Waals surface area contributed by atoms with E-state index >= 15 is 4.39 Å². The van der Waals surface area contributed by atoms with Crippen LogP contribution in [0.4, 0.5) is 27.6 Å². The van der Waals surface area contributed by atoms with Crippen LogP contribution in [0.2, 0.25) is 0 Å². The third kappa shape index (κ3) is 8.30. The number of amides is 1. The number of carbonyl (C=O) groups excluding carboxylic acids is 1. The SMILES string of the molecule is C=C(C)c1ccc(NC(=O)C(CC2CC(F)(F)C2)C(/C=C\C(=C/C)c2c(CC(F)F)ccc(C)c2F)=C(/C)CC)cc1. The third-order valence-corrected chi connectivity index (χ3v) is 7.94. The summed E-state index contributed by atoms with van der Waals surface area (Å²) in [5.74, 6) is -4.71. The number of benzene rings is 2. The van der Waals surface area contributed by atoms with E-state index in [4.69, 9.17) is 0 Å². The number of carbonyl (C=O) groups is 1. The van der Waals surface area contributed by atoms with Crippen molar-refractivity contribution in [3.8, 4) is 0 Å². The molecule has 7 heteroatoms. The van der Waals surface area contributed by atoms with Crippen molar-refractivity contribution in [2.24, 2.45) is 11.8 Å². The van der Waals surface area contributed by atoms with Gasteiger partial charge >= 0.3 is 0 Å². The fourth-order valence-corrected chi connectivity index (χ4v) is 5.36. The summed E-state index contributed by atoms with van der Waals surface area (Å²) in [6.45, 7) is 12.9. The van der Waals surface area contributed by atoms with Gasteiger partial charge in [-0.2, -0.15) is 0 Å². The lowest BCUT2D eigenvalue weighted by atomic mass is 9.73.